The molecular weight excluding hydrogens is 372 g/mol. The molecule has 0 bridgehead atoms. The Bertz CT molecular complexity index is 980. The number of primary sulfonamides is 1. The summed E-state index contributed by atoms with van der Waals surface area (Å²) in [6.07, 6.45) is 0. The lowest BCUT2D eigenvalue weighted by Crippen LogP contribution is -2.22. The number of carbonyl (C=O) groups is 1. The molecule has 2 aromatic rings. The van der Waals surface area contributed by atoms with Crippen LogP contribution >= 0.6 is 11.8 Å². The van der Waals surface area contributed by atoms with Crippen molar-refractivity contribution in [2.75, 3.05) is 5.32 Å². The maximum atomic E-state index is 12.4. The fourth-order valence-electron chi connectivity index (χ4n) is 2.22. The molecule has 26 heavy (non-hydrogen) atoms. The zero-order valence-corrected chi connectivity index (χ0v) is 16.1. The molecule has 0 spiro atoms. The smallest absolute Gasteiger partial charge is 0.238 e. The molecule has 0 saturated heterocycles. The Morgan fingerprint density at radius 1 is 1.31 bits per heavy atom. The van der Waals surface area contributed by atoms with E-state index in [0.717, 1.165) is 11.3 Å². The van der Waals surface area contributed by atoms with Crippen LogP contribution in [0.4, 0.5) is 5.69 Å². The number of thioether (sulfide) groups is 1. The van der Waals surface area contributed by atoms with E-state index in [0.29, 0.717) is 16.3 Å². The monoisotopic (exact) mass is 390 g/mol. The lowest BCUT2D eigenvalue weighted by molar-refractivity contribution is -0.115. The van der Waals surface area contributed by atoms with Gasteiger partial charge in [0.15, 0.2) is 0 Å². The van der Waals surface area contributed by atoms with E-state index in [4.69, 9.17) is 5.14 Å². The fourth-order valence-corrected chi connectivity index (χ4v) is 3.75. The van der Waals surface area contributed by atoms with Crippen molar-refractivity contribution >= 4 is 33.4 Å². The molecule has 3 N–H and O–H groups in total. The molecule has 136 valence electrons. The molecule has 1 aromatic heterocycles. The van der Waals surface area contributed by atoms with Gasteiger partial charge in [-0.25, -0.2) is 18.5 Å². The van der Waals surface area contributed by atoms with E-state index in [1.54, 1.807) is 6.92 Å². The van der Waals surface area contributed by atoms with Gasteiger partial charge in [-0.1, -0.05) is 11.8 Å². The molecule has 0 radical (unpaired) electrons. The van der Waals surface area contributed by atoms with E-state index in [1.807, 2.05) is 19.9 Å². The summed E-state index contributed by atoms with van der Waals surface area (Å²) in [7, 11) is -3.78. The zero-order chi connectivity index (χ0) is 19.5. The van der Waals surface area contributed by atoms with Crippen molar-refractivity contribution in [2.45, 2.75) is 35.9 Å². The second kappa shape index (κ2) is 7.86. The summed E-state index contributed by atoms with van der Waals surface area (Å²) in [5.41, 5.74) is 2.49. The summed E-state index contributed by atoms with van der Waals surface area (Å²) in [6.45, 7) is 5.37. The number of nitrogens with one attached hydrogen (secondary N) is 1. The number of pyridine rings is 1. The van der Waals surface area contributed by atoms with Crippen LogP contribution in [0.5, 0.6) is 0 Å². The molecule has 0 aliphatic heterocycles. The average molecular weight is 390 g/mol. The van der Waals surface area contributed by atoms with Gasteiger partial charge in [-0.3, -0.25) is 4.79 Å². The minimum absolute atomic E-state index is 0.0315. The molecule has 0 fully saturated rings. The van der Waals surface area contributed by atoms with Gasteiger partial charge in [-0.15, -0.1) is 0 Å². The molecule has 0 aliphatic rings. The van der Waals surface area contributed by atoms with Crippen molar-refractivity contribution in [3.8, 4) is 6.07 Å². The molecule has 0 unspecified atom stereocenters. The molecule has 2 rings (SSSR count). The Morgan fingerprint density at radius 2 is 1.92 bits per heavy atom. The van der Waals surface area contributed by atoms with E-state index in [2.05, 4.69) is 16.4 Å². The Morgan fingerprint density at radius 3 is 2.46 bits per heavy atom. The maximum Gasteiger partial charge on any atom is 0.238 e. The van der Waals surface area contributed by atoms with Gasteiger partial charge in [0.2, 0.25) is 15.9 Å². The molecule has 1 heterocycles. The van der Waals surface area contributed by atoms with Crippen molar-refractivity contribution in [2.24, 2.45) is 5.14 Å². The minimum atomic E-state index is -3.78. The van der Waals surface area contributed by atoms with Crippen LogP contribution < -0.4 is 10.5 Å². The molecule has 0 aliphatic carbocycles. The van der Waals surface area contributed by atoms with Gasteiger partial charge in [-0.05, 0) is 56.7 Å². The van der Waals surface area contributed by atoms with Crippen LogP contribution in [0.2, 0.25) is 0 Å². The molecule has 9 heteroatoms. The van der Waals surface area contributed by atoms with Gasteiger partial charge in [0, 0.05) is 11.4 Å². The van der Waals surface area contributed by atoms with Crippen LogP contribution in [0.25, 0.3) is 0 Å². The quantitative estimate of drug-likeness (QED) is 0.755. The third-order valence-corrected chi connectivity index (χ3v) is 5.55. The Labute approximate surface area is 156 Å². The Kier molecular flexibility index (Phi) is 6.02. The number of rotatable bonds is 5. The maximum absolute atomic E-state index is 12.4. The zero-order valence-electron chi connectivity index (χ0n) is 14.5. The lowest BCUT2D eigenvalue weighted by Gasteiger charge is -2.14. The van der Waals surface area contributed by atoms with Gasteiger partial charge < -0.3 is 5.32 Å². The summed E-state index contributed by atoms with van der Waals surface area (Å²) in [5, 5.41) is 17.1. The number of amides is 1. The van der Waals surface area contributed by atoms with Gasteiger partial charge >= 0.3 is 0 Å². The number of benzene rings is 1. The van der Waals surface area contributed by atoms with Crippen LogP contribution in [0.1, 0.15) is 23.7 Å². The first-order valence-electron chi connectivity index (χ1n) is 7.60. The molecular formula is C17H18N4O3S2. The highest BCUT2D eigenvalue weighted by Crippen LogP contribution is 2.28. The SMILES string of the molecule is Cc1cc(C)c(C#N)c(S[C@@H](C)C(=O)Nc2ccc(S(N)(=O)=O)cc2)n1. The standard InChI is InChI=1S/C17H18N4O3S2/c1-10-8-11(2)20-17(15(10)9-18)25-12(3)16(22)21-13-4-6-14(7-5-13)26(19,23)24/h4-8,12H,1-3H3,(H,21,22)(H2,19,23,24)/t12-/m0/s1. The number of hydrogen-bond acceptors (Lipinski definition) is 6. The van der Waals surface area contributed by atoms with Crippen LogP contribution in [-0.4, -0.2) is 24.6 Å². The van der Waals surface area contributed by atoms with E-state index >= 15 is 0 Å². The number of aryl methyl sites for hydroxylation is 2. The molecule has 1 atom stereocenters. The van der Waals surface area contributed by atoms with E-state index in [-0.39, 0.29) is 10.8 Å². The normalized spacial score (nSPS) is 12.3. The first-order valence-corrected chi connectivity index (χ1v) is 10.0. The third-order valence-electron chi connectivity index (χ3n) is 3.53. The van der Waals surface area contributed by atoms with Crippen molar-refractivity contribution in [3.05, 3.63) is 47.2 Å². The van der Waals surface area contributed by atoms with Crippen molar-refractivity contribution in [1.29, 1.82) is 5.26 Å². The first-order chi connectivity index (χ1) is 12.1. The summed E-state index contributed by atoms with van der Waals surface area (Å²) in [4.78, 5) is 16.7. The topological polar surface area (TPSA) is 126 Å². The number of nitrogens with zero attached hydrogens (tertiary/aromatic N) is 2. The molecule has 0 saturated carbocycles. The van der Waals surface area contributed by atoms with Gasteiger partial charge in [0.05, 0.1) is 15.7 Å². The number of nitriles is 1. The number of anilines is 1. The predicted octanol–water partition coefficient (Wildman–Crippen LogP) is 2.34. The van der Waals surface area contributed by atoms with Gasteiger partial charge in [0.25, 0.3) is 0 Å². The molecule has 1 aromatic carbocycles. The van der Waals surface area contributed by atoms with Crippen molar-refractivity contribution in [3.63, 3.8) is 0 Å². The lowest BCUT2D eigenvalue weighted by atomic mass is 10.1. The minimum Gasteiger partial charge on any atom is -0.325 e. The predicted molar refractivity (Wildman–Crippen MR) is 100 cm³/mol. The second-order valence-electron chi connectivity index (χ2n) is 5.69. The van der Waals surface area contributed by atoms with Crippen molar-refractivity contribution in [1.82, 2.24) is 4.98 Å². The Hall–Kier alpha value is -2.41. The average Bonchev–Trinajstić information content (AvgIpc) is 2.54. The van der Waals surface area contributed by atoms with Crippen LogP contribution in [-0.2, 0) is 14.8 Å². The van der Waals surface area contributed by atoms with Gasteiger partial charge in [0.1, 0.15) is 11.1 Å². The first kappa shape index (κ1) is 19.9. The van der Waals surface area contributed by atoms with Crippen LogP contribution in [0.3, 0.4) is 0 Å². The Balaban J connectivity index is 2.13. The summed E-state index contributed by atoms with van der Waals surface area (Å²) < 4.78 is 22.5. The number of hydrogen-bond donors (Lipinski definition) is 2. The highest BCUT2D eigenvalue weighted by atomic mass is 32.2. The number of sulfonamides is 1. The number of carbonyl (C=O) groups excluding carboxylic acids is 1. The van der Waals surface area contributed by atoms with E-state index in [9.17, 15) is 18.5 Å². The highest BCUT2D eigenvalue weighted by Gasteiger charge is 2.19. The van der Waals surface area contributed by atoms with Gasteiger partial charge in [-0.2, -0.15) is 5.26 Å². The highest BCUT2D eigenvalue weighted by molar-refractivity contribution is 8.00. The van der Waals surface area contributed by atoms with Crippen LogP contribution in [0.15, 0.2) is 40.3 Å². The van der Waals surface area contributed by atoms with E-state index in [1.165, 1.54) is 36.0 Å². The second-order valence-corrected chi connectivity index (χ2v) is 8.58. The number of nitrogens with two attached hydrogens (primary N) is 1. The third kappa shape index (κ3) is 4.82. The molecule has 1 amide bonds. The summed E-state index contributed by atoms with van der Waals surface area (Å²) in [5.74, 6) is -0.289. The summed E-state index contributed by atoms with van der Waals surface area (Å²) >= 11 is 1.20. The molecule has 7 nitrogen and oxygen atoms in total. The largest absolute Gasteiger partial charge is 0.325 e. The van der Waals surface area contributed by atoms with Crippen LogP contribution in [0, 0.1) is 25.2 Å². The number of aromatic nitrogens is 1. The van der Waals surface area contributed by atoms with Crippen molar-refractivity contribution < 1.29 is 13.2 Å². The summed E-state index contributed by atoms with van der Waals surface area (Å²) in [6, 6.07) is 9.51. The fraction of sp³-hybridized carbons (Fsp3) is 0.235. The van der Waals surface area contributed by atoms with E-state index < -0.39 is 15.3 Å².